The van der Waals surface area contributed by atoms with E-state index in [-0.39, 0.29) is 18.0 Å². The topological polar surface area (TPSA) is 116 Å². The molecule has 1 aromatic carbocycles. The first-order chi connectivity index (χ1) is 17.1. The number of hydrazine groups is 1. The molecular formula is C27H37N5O4. The number of hydrogen-bond donors (Lipinski definition) is 2. The number of anilines is 1. The van der Waals surface area contributed by atoms with Gasteiger partial charge in [0.05, 0.1) is 25.3 Å². The van der Waals surface area contributed by atoms with Crippen LogP contribution in [-0.2, 0) is 14.3 Å². The lowest BCUT2D eigenvalue weighted by Gasteiger charge is -2.20. The SMILES string of the molecule is CCCCC(CC)CC(=O)Nc1ccc(OC)c(C2=NC3=C(C(=O)OC(C)(C)C)C(C#N)CN3N2)c1. The molecule has 2 atom stereocenters. The second kappa shape index (κ2) is 11.5. The zero-order valence-corrected chi connectivity index (χ0v) is 22.1. The van der Waals surface area contributed by atoms with Gasteiger partial charge >= 0.3 is 5.97 Å². The Bertz CT molecular complexity index is 1100. The van der Waals surface area contributed by atoms with E-state index in [1.54, 1.807) is 51.1 Å². The normalized spacial score (nSPS) is 17.6. The van der Waals surface area contributed by atoms with Crippen LogP contribution in [0.4, 0.5) is 5.69 Å². The van der Waals surface area contributed by atoms with Crippen LogP contribution in [0.25, 0.3) is 0 Å². The maximum atomic E-state index is 12.9. The highest BCUT2D eigenvalue weighted by Gasteiger charge is 2.42. The standard InChI is InChI=1S/C27H37N5O4/c1-7-9-10-17(8-2)13-22(33)29-19-11-12-21(35-6)20(14-19)24-30-25-23(26(34)36-27(3,4)5)18(15-28)16-32(25)31-24/h11-12,14,17-18H,7-10,13,16H2,1-6H3,(H,29,33)(H,30,31). The molecule has 0 saturated heterocycles. The van der Waals surface area contributed by atoms with Crippen molar-refractivity contribution < 1.29 is 19.1 Å². The van der Waals surface area contributed by atoms with E-state index in [4.69, 9.17) is 9.47 Å². The number of carbonyl (C=O) groups excluding carboxylic acids is 2. The molecule has 1 aromatic rings. The van der Waals surface area contributed by atoms with Crippen molar-refractivity contribution in [3.8, 4) is 11.8 Å². The number of aliphatic imine (C=N–C) groups is 1. The minimum absolute atomic E-state index is 0.0252. The summed E-state index contributed by atoms with van der Waals surface area (Å²) < 4.78 is 11.1. The molecule has 0 bridgehead atoms. The van der Waals surface area contributed by atoms with Crippen LogP contribution in [0.2, 0.25) is 0 Å². The van der Waals surface area contributed by atoms with Crippen LogP contribution in [0.3, 0.4) is 0 Å². The number of rotatable bonds is 10. The van der Waals surface area contributed by atoms with Gasteiger partial charge in [0, 0.05) is 12.1 Å². The highest BCUT2D eigenvalue weighted by Crippen LogP contribution is 2.34. The number of esters is 1. The lowest BCUT2D eigenvalue weighted by molar-refractivity contribution is -0.150. The number of ether oxygens (including phenoxy) is 2. The number of nitrogens with one attached hydrogen (secondary N) is 2. The van der Waals surface area contributed by atoms with E-state index < -0.39 is 17.5 Å². The number of fused-ring (bicyclic) bond motifs is 1. The Morgan fingerprint density at radius 3 is 2.69 bits per heavy atom. The van der Waals surface area contributed by atoms with Crippen LogP contribution in [0.15, 0.2) is 34.6 Å². The van der Waals surface area contributed by atoms with Crippen molar-refractivity contribution in [2.45, 2.75) is 72.3 Å². The summed E-state index contributed by atoms with van der Waals surface area (Å²) in [6.45, 7) is 9.88. The summed E-state index contributed by atoms with van der Waals surface area (Å²) in [5.41, 5.74) is 3.98. The number of hydrogen-bond acceptors (Lipinski definition) is 8. The van der Waals surface area contributed by atoms with E-state index in [2.05, 4.69) is 35.7 Å². The molecule has 3 rings (SSSR count). The average molecular weight is 496 g/mol. The van der Waals surface area contributed by atoms with Crippen molar-refractivity contribution in [2.24, 2.45) is 16.8 Å². The molecule has 0 spiro atoms. The summed E-state index contributed by atoms with van der Waals surface area (Å²) in [4.78, 5) is 30.2. The molecule has 2 unspecified atom stereocenters. The molecule has 0 radical (unpaired) electrons. The molecule has 0 aliphatic carbocycles. The maximum Gasteiger partial charge on any atom is 0.339 e. The molecule has 194 valence electrons. The number of amidine groups is 1. The fraction of sp³-hybridized carbons (Fsp3) is 0.556. The quantitative estimate of drug-likeness (QED) is 0.459. The van der Waals surface area contributed by atoms with Gasteiger partial charge in [-0.3, -0.25) is 15.2 Å². The second-order valence-corrected chi connectivity index (χ2v) is 10.2. The van der Waals surface area contributed by atoms with E-state index >= 15 is 0 Å². The number of carbonyl (C=O) groups is 2. The number of methoxy groups -OCH3 is 1. The molecule has 9 nitrogen and oxygen atoms in total. The third kappa shape index (κ3) is 6.36. The minimum atomic E-state index is -0.695. The average Bonchev–Trinajstić information content (AvgIpc) is 3.38. The summed E-state index contributed by atoms with van der Waals surface area (Å²) in [5, 5.41) is 14.3. The summed E-state index contributed by atoms with van der Waals surface area (Å²) >= 11 is 0. The second-order valence-electron chi connectivity index (χ2n) is 10.2. The Hall–Kier alpha value is -3.54. The Labute approximate surface area is 213 Å². The van der Waals surface area contributed by atoms with E-state index in [0.29, 0.717) is 41.0 Å². The number of amides is 1. The van der Waals surface area contributed by atoms with Gasteiger partial charge in [0.15, 0.2) is 11.7 Å². The predicted molar refractivity (Wildman–Crippen MR) is 138 cm³/mol. The molecule has 2 heterocycles. The summed E-state index contributed by atoms with van der Waals surface area (Å²) in [5.74, 6) is 0.518. The highest BCUT2D eigenvalue weighted by atomic mass is 16.6. The number of unbranched alkanes of at least 4 members (excludes halogenated alkanes) is 1. The van der Waals surface area contributed by atoms with Crippen LogP contribution >= 0.6 is 0 Å². The third-order valence-electron chi connectivity index (χ3n) is 6.20. The van der Waals surface area contributed by atoms with Gasteiger partial charge in [-0.1, -0.05) is 33.1 Å². The predicted octanol–water partition coefficient (Wildman–Crippen LogP) is 4.51. The van der Waals surface area contributed by atoms with Gasteiger partial charge in [0.2, 0.25) is 5.91 Å². The fourth-order valence-corrected chi connectivity index (χ4v) is 4.32. The van der Waals surface area contributed by atoms with E-state index in [1.807, 2.05) is 0 Å². The van der Waals surface area contributed by atoms with Crippen LogP contribution in [-0.4, -0.2) is 42.0 Å². The Kier molecular flexibility index (Phi) is 8.62. The van der Waals surface area contributed by atoms with Gasteiger partial charge in [-0.25, -0.2) is 9.79 Å². The van der Waals surface area contributed by atoms with Gasteiger partial charge in [-0.2, -0.15) is 5.26 Å². The molecular weight excluding hydrogens is 458 g/mol. The first-order valence-electron chi connectivity index (χ1n) is 12.6. The lowest BCUT2D eigenvalue weighted by atomic mass is 9.95. The van der Waals surface area contributed by atoms with Crippen molar-refractivity contribution in [2.75, 3.05) is 19.0 Å². The smallest absolute Gasteiger partial charge is 0.339 e. The Balaban J connectivity index is 1.87. The van der Waals surface area contributed by atoms with Crippen LogP contribution < -0.4 is 15.5 Å². The molecule has 2 aliphatic rings. The largest absolute Gasteiger partial charge is 0.496 e. The van der Waals surface area contributed by atoms with Gasteiger partial charge in [0.1, 0.15) is 22.8 Å². The lowest BCUT2D eigenvalue weighted by Crippen LogP contribution is -2.35. The maximum absolute atomic E-state index is 12.9. The summed E-state index contributed by atoms with van der Waals surface area (Å²) in [6.07, 6.45) is 4.73. The molecule has 2 N–H and O–H groups in total. The van der Waals surface area contributed by atoms with Gasteiger partial charge < -0.3 is 14.8 Å². The zero-order valence-electron chi connectivity index (χ0n) is 22.1. The zero-order chi connectivity index (χ0) is 26.5. The van der Waals surface area contributed by atoms with Crippen molar-refractivity contribution in [3.63, 3.8) is 0 Å². The Morgan fingerprint density at radius 2 is 2.08 bits per heavy atom. The van der Waals surface area contributed by atoms with Crippen LogP contribution in [0.1, 0.15) is 72.3 Å². The van der Waals surface area contributed by atoms with E-state index in [0.717, 1.165) is 25.7 Å². The summed E-state index contributed by atoms with van der Waals surface area (Å²) in [7, 11) is 1.56. The monoisotopic (exact) mass is 495 g/mol. The number of nitriles is 1. The Morgan fingerprint density at radius 1 is 1.33 bits per heavy atom. The van der Waals surface area contributed by atoms with Crippen molar-refractivity contribution in [1.82, 2.24) is 10.4 Å². The van der Waals surface area contributed by atoms with E-state index in [1.165, 1.54) is 0 Å². The molecule has 0 aromatic heterocycles. The van der Waals surface area contributed by atoms with Crippen molar-refractivity contribution in [3.05, 3.63) is 35.2 Å². The molecule has 9 heteroatoms. The molecule has 1 amide bonds. The molecule has 0 fully saturated rings. The van der Waals surface area contributed by atoms with Crippen LogP contribution in [0.5, 0.6) is 5.75 Å². The number of nitrogens with zero attached hydrogens (tertiary/aromatic N) is 3. The first kappa shape index (κ1) is 27.1. The van der Waals surface area contributed by atoms with Crippen LogP contribution in [0, 0.1) is 23.2 Å². The highest BCUT2D eigenvalue weighted by molar-refractivity contribution is 6.05. The van der Waals surface area contributed by atoms with E-state index in [9.17, 15) is 14.9 Å². The van der Waals surface area contributed by atoms with Gasteiger partial charge in [-0.05, 0) is 51.3 Å². The van der Waals surface area contributed by atoms with Gasteiger partial charge in [-0.15, -0.1) is 0 Å². The first-order valence-corrected chi connectivity index (χ1v) is 12.6. The number of benzene rings is 1. The van der Waals surface area contributed by atoms with Crippen molar-refractivity contribution in [1.29, 1.82) is 5.26 Å². The third-order valence-corrected chi connectivity index (χ3v) is 6.20. The minimum Gasteiger partial charge on any atom is -0.496 e. The molecule has 36 heavy (non-hydrogen) atoms. The fourth-order valence-electron chi connectivity index (χ4n) is 4.32. The van der Waals surface area contributed by atoms with Crippen molar-refractivity contribution >= 4 is 23.4 Å². The molecule has 2 aliphatic heterocycles. The van der Waals surface area contributed by atoms with Gasteiger partial charge in [0.25, 0.3) is 0 Å². The summed E-state index contributed by atoms with van der Waals surface area (Å²) in [6, 6.07) is 7.53. The molecule has 0 saturated carbocycles.